The van der Waals surface area contributed by atoms with E-state index in [-0.39, 0.29) is 34.5 Å². The predicted molar refractivity (Wildman–Crippen MR) is 105 cm³/mol. The molecular weight excluding hydrogens is 386 g/mol. The predicted octanol–water partition coefficient (Wildman–Crippen LogP) is 3.02. The van der Waals surface area contributed by atoms with Crippen LogP contribution in [0.4, 0.5) is 21.9 Å². The molecular formula is C18H21N3O6S. The molecule has 10 heteroatoms. The van der Waals surface area contributed by atoms with Crippen molar-refractivity contribution in [1.82, 2.24) is 0 Å². The summed E-state index contributed by atoms with van der Waals surface area (Å²) >= 11 is 0. The Kier molecular flexibility index (Phi) is 6.83. The molecule has 2 aromatic carbocycles. The Hall–Kier alpha value is -3.27. The molecule has 0 radical (unpaired) electrons. The molecule has 0 aromatic heterocycles. The lowest BCUT2D eigenvalue weighted by atomic mass is 10.3. The first kappa shape index (κ1) is 21.0. The van der Waals surface area contributed by atoms with Crippen LogP contribution in [0.1, 0.15) is 13.8 Å². The average Bonchev–Trinajstić information content (AvgIpc) is 2.61. The van der Waals surface area contributed by atoms with Gasteiger partial charge in [-0.25, -0.2) is 13.2 Å². The van der Waals surface area contributed by atoms with Gasteiger partial charge in [-0.15, -0.1) is 0 Å². The van der Waals surface area contributed by atoms with Crippen molar-refractivity contribution in [2.75, 3.05) is 29.1 Å². The number of methoxy groups -OCH3 is 1. The van der Waals surface area contributed by atoms with Gasteiger partial charge in [-0.05, 0) is 43.3 Å². The average molecular weight is 407 g/mol. The number of nitrogens with one attached hydrogen (secondary N) is 3. The van der Waals surface area contributed by atoms with Crippen LogP contribution < -0.4 is 20.1 Å². The molecule has 0 aliphatic carbocycles. The zero-order valence-electron chi connectivity index (χ0n) is 15.6. The van der Waals surface area contributed by atoms with E-state index < -0.39 is 16.1 Å². The molecule has 3 N–H and O–H groups in total. The van der Waals surface area contributed by atoms with Crippen molar-refractivity contribution in [2.45, 2.75) is 18.7 Å². The van der Waals surface area contributed by atoms with Crippen LogP contribution in [-0.4, -0.2) is 34.1 Å². The number of hydrogen-bond acceptors (Lipinski definition) is 6. The molecule has 2 amide bonds. The molecule has 0 spiro atoms. The van der Waals surface area contributed by atoms with E-state index in [9.17, 15) is 18.0 Å². The fourth-order valence-electron chi connectivity index (χ4n) is 2.31. The summed E-state index contributed by atoms with van der Waals surface area (Å²) in [6.45, 7) is 3.17. The number of anilines is 3. The molecule has 2 aromatic rings. The van der Waals surface area contributed by atoms with E-state index in [0.29, 0.717) is 5.69 Å². The van der Waals surface area contributed by atoms with Gasteiger partial charge in [-0.1, -0.05) is 6.07 Å². The summed E-state index contributed by atoms with van der Waals surface area (Å²) in [5.74, 6) is 0.00417. The van der Waals surface area contributed by atoms with E-state index in [1.165, 1.54) is 38.3 Å². The number of amides is 2. The van der Waals surface area contributed by atoms with Crippen molar-refractivity contribution in [1.29, 1.82) is 0 Å². The van der Waals surface area contributed by atoms with Gasteiger partial charge in [0.2, 0.25) is 5.91 Å². The van der Waals surface area contributed by atoms with Gasteiger partial charge in [0, 0.05) is 12.6 Å². The monoisotopic (exact) mass is 407 g/mol. The number of carbonyl (C=O) groups excluding carboxylic acids is 2. The first-order valence-corrected chi connectivity index (χ1v) is 9.75. The van der Waals surface area contributed by atoms with Gasteiger partial charge in [-0.3, -0.25) is 14.8 Å². The lowest BCUT2D eigenvalue weighted by Gasteiger charge is -2.13. The van der Waals surface area contributed by atoms with Crippen LogP contribution in [0.3, 0.4) is 0 Å². The Morgan fingerprint density at radius 2 is 1.75 bits per heavy atom. The first-order valence-electron chi connectivity index (χ1n) is 8.27. The van der Waals surface area contributed by atoms with E-state index in [1.807, 2.05) is 0 Å². The van der Waals surface area contributed by atoms with Crippen molar-refractivity contribution < 1.29 is 27.5 Å². The first-order chi connectivity index (χ1) is 13.2. The van der Waals surface area contributed by atoms with Crippen LogP contribution in [-0.2, 0) is 19.6 Å². The fraction of sp³-hybridized carbons (Fsp3) is 0.222. The number of rotatable bonds is 7. The molecule has 2 rings (SSSR count). The summed E-state index contributed by atoms with van der Waals surface area (Å²) in [6.07, 6.45) is -0.730. The van der Waals surface area contributed by atoms with Crippen LogP contribution in [0.2, 0.25) is 0 Å². The summed E-state index contributed by atoms with van der Waals surface area (Å²) in [5, 5.41) is 5.02. The number of sulfonamides is 1. The second kappa shape index (κ2) is 9.09. The molecule has 0 heterocycles. The Morgan fingerprint density at radius 1 is 1.04 bits per heavy atom. The third-order valence-corrected chi connectivity index (χ3v) is 4.81. The smallest absolute Gasteiger partial charge is 0.411 e. The SMILES string of the molecule is CCOC(=O)Nc1cc(S(=O)(=O)Nc2cccc(NC(C)=O)c2)ccc1OC. The maximum atomic E-state index is 12.7. The van der Waals surface area contributed by atoms with Gasteiger partial charge in [0.25, 0.3) is 10.0 Å². The minimum atomic E-state index is -3.96. The van der Waals surface area contributed by atoms with Gasteiger partial charge in [0.1, 0.15) is 5.75 Å². The fourth-order valence-corrected chi connectivity index (χ4v) is 3.38. The van der Waals surface area contributed by atoms with Crippen molar-refractivity contribution in [3.63, 3.8) is 0 Å². The highest BCUT2D eigenvalue weighted by atomic mass is 32.2. The van der Waals surface area contributed by atoms with E-state index in [2.05, 4.69) is 15.4 Å². The van der Waals surface area contributed by atoms with Crippen molar-refractivity contribution in [2.24, 2.45) is 0 Å². The maximum Gasteiger partial charge on any atom is 0.411 e. The summed E-state index contributed by atoms with van der Waals surface area (Å²) in [5.41, 5.74) is 0.866. The van der Waals surface area contributed by atoms with E-state index in [4.69, 9.17) is 9.47 Å². The molecule has 0 atom stereocenters. The normalized spacial score (nSPS) is 10.7. The summed E-state index contributed by atoms with van der Waals surface area (Å²) in [7, 11) is -2.57. The maximum absolute atomic E-state index is 12.7. The van der Waals surface area contributed by atoms with E-state index in [1.54, 1.807) is 25.1 Å². The second-order valence-corrected chi connectivity index (χ2v) is 7.26. The van der Waals surface area contributed by atoms with E-state index >= 15 is 0 Å². The highest BCUT2D eigenvalue weighted by Gasteiger charge is 2.18. The Balaban J connectivity index is 2.30. The molecule has 9 nitrogen and oxygen atoms in total. The molecule has 0 saturated heterocycles. The zero-order chi connectivity index (χ0) is 20.7. The highest BCUT2D eigenvalue weighted by Crippen LogP contribution is 2.29. The minimum absolute atomic E-state index is 0.0926. The van der Waals surface area contributed by atoms with Crippen LogP contribution >= 0.6 is 0 Å². The number of ether oxygens (including phenoxy) is 2. The highest BCUT2D eigenvalue weighted by molar-refractivity contribution is 7.92. The largest absolute Gasteiger partial charge is 0.495 e. The van der Waals surface area contributed by atoms with Gasteiger partial charge in [0.15, 0.2) is 0 Å². The minimum Gasteiger partial charge on any atom is -0.495 e. The molecule has 0 fully saturated rings. The van der Waals surface area contributed by atoms with Crippen LogP contribution in [0.5, 0.6) is 5.75 Å². The van der Waals surface area contributed by atoms with Crippen LogP contribution in [0, 0.1) is 0 Å². The second-order valence-electron chi connectivity index (χ2n) is 5.58. The molecule has 0 aliphatic heterocycles. The molecule has 0 unspecified atom stereocenters. The van der Waals surface area contributed by atoms with E-state index in [0.717, 1.165) is 0 Å². The lowest BCUT2D eigenvalue weighted by molar-refractivity contribution is -0.114. The van der Waals surface area contributed by atoms with Crippen molar-refractivity contribution in [3.8, 4) is 5.75 Å². The topological polar surface area (TPSA) is 123 Å². The number of carbonyl (C=O) groups is 2. The Morgan fingerprint density at radius 3 is 2.39 bits per heavy atom. The molecule has 0 aliphatic rings. The zero-order valence-corrected chi connectivity index (χ0v) is 16.4. The Labute approximate surface area is 163 Å². The van der Waals surface area contributed by atoms with Gasteiger partial charge in [0.05, 0.1) is 30.0 Å². The third-order valence-electron chi connectivity index (χ3n) is 3.43. The quantitative estimate of drug-likeness (QED) is 0.648. The molecule has 0 saturated carbocycles. The molecule has 0 bridgehead atoms. The number of benzene rings is 2. The summed E-state index contributed by atoms with van der Waals surface area (Å²) < 4.78 is 37.8. The van der Waals surface area contributed by atoms with Crippen molar-refractivity contribution in [3.05, 3.63) is 42.5 Å². The molecule has 28 heavy (non-hydrogen) atoms. The lowest BCUT2D eigenvalue weighted by Crippen LogP contribution is -2.16. The third kappa shape index (κ3) is 5.61. The summed E-state index contributed by atoms with van der Waals surface area (Å²) in [4.78, 5) is 22.7. The van der Waals surface area contributed by atoms with Crippen LogP contribution in [0.25, 0.3) is 0 Å². The standard InChI is InChI=1S/C18H21N3O6S/c1-4-27-18(23)20-16-11-15(8-9-17(16)26-3)28(24,25)21-14-7-5-6-13(10-14)19-12(2)22/h5-11,21H,4H2,1-3H3,(H,19,22)(H,20,23). The van der Waals surface area contributed by atoms with Gasteiger partial charge in [-0.2, -0.15) is 0 Å². The van der Waals surface area contributed by atoms with Gasteiger partial charge >= 0.3 is 6.09 Å². The van der Waals surface area contributed by atoms with Crippen LogP contribution in [0.15, 0.2) is 47.4 Å². The van der Waals surface area contributed by atoms with Gasteiger partial charge < -0.3 is 14.8 Å². The molecule has 150 valence electrons. The number of hydrogen-bond donors (Lipinski definition) is 3. The Bertz CT molecular complexity index is 975. The summed E-state index contributed by atoms with van der Waals surface area (Å²) in [6, 6.07) is 10.3. The van der Waals surface area contributed by atoms with Crippen molar-refractivity contribution >= 4 is 39.1 Å².